The molecule has 0 atom stereocenters. The van der Waals surface area contributed by atoms with Gasteiger partial charge in [0.15, 0.2) is 10.9 Å². The van der Waals surface area contributed by atoms with Crippen molar-refractivity contribution < 1.29 is 9.59 Å². The molecule has 3 aromatic rings. The first-order chi connectivity index (χ1) is 11.5. The summed E-state index contributed by atoms with van der Waals surface area (Å²) in [5.74, 6) is -0.128. The average Bonchev–Trinajstić information content (AvgIpc) is 2.90. The van der Waals surface area contributed by atoms with Crippen molar-refractivity contribution in [3.05, 3.63) is 59.2 Å². The fourth-order valence-electron chi connectivity index (χ4n) is 2.48. The fourth-order valence-corrected chi connectivity index (χ4v) is 2.73. The van der Waals surface area contributed by atoms with Crippen molar-refractivity contribution in [2.75, 3.05) is 5.32 Å². The summed E-state index contributed by atoms with van der Waals surface area (Å²) in [5, 5.41) is 8.38. The lowest BCUT2D eigenvalue weighted by Crippen LogP contribution is -2.15. The Morgan fingerprint density at radius 1 is 1.12 bits per heavy atom. The molecule has 0 aliphatic heterocycles. The third kappa shape index (κ3) is 3.46. The van der Waals surface area contributed by atoms with Gasteiger partial charge >= 0.3 is 0 Å². The van der Waals surface area contributed by atoms with Crippen LogP contribution in [0.25, 0.3) is 10.9 Å². The fraction of sp³-hybridized carbons (Fsp3) is 0.167. The second kappa shape index (κ2) is 6.84. The van der Waals surface area contributed by atoms with Gasteiger partial charge in [0.2, 0.25) is 5.91 Å². The zero-order valence-corrected chi connectivity index (χ0v) is 13.9. The summed E-state index contributed by atoms with van der Waals surface area (Å²) < 4.78 is 1.73. The Morgan fingerprint density at radius 2 is 1.83 bits per heavy atom. The molecule has 0 fully saturated rings. The predicted molar refractivity (Wildman–Crippen MR) is 94.4 cm³/mol. The summed E-state index contributed by atoms with van der Waals surface area (Å²) >= 11 is 6.10. The molecule has 24 heavy (non-hydrogen) atoms. The molecule has 1 aromatic heterocycles. The van der Waals surface area contributed by atoms with E-state index < -0.39 is 0 Å². The molecular weight excluding hydrogens is 326 g/mol. The van der Waals surface area contributed by atoms with Gasteiger partial charge in [0.25, 0.3) is 0 Å². The number of anilines is 1. The number of aryl methyl sites for hydroxylation is 1. The van der Waals surface area contributed by atoms with Crippen LogP contribution in [0.1, 0.15) is 23.7 Å². The van der Waals surface area contributed by atoms with Crippen molar-refractivity contribution >= 4 is 39.9 Å². The SMILES string of the molecule is CC(=O)c1ccc(NC(=O)CCn2nc(Cl)c3ccccc32)cc1. The maximum atomic E-state index is 12.1. The number of hydrogen-bond donors (Lipinski definition) is 1. The van der Waals surface area contributed by atoms with E-state index in [0.29, 0.717) is 22.9 Å². The van der Waals surface area contributed by atoms with E-state index in [2.05, 4.69) is 10.4 Å². The molecule has 1 heterocycles. The molecular formula is C18H16ClN3O2. The van der Waals surface area contributed by atoms with Crippen LogP contribution in [0.4, 0.5) is 5.69 Å². The molecule has 0 radical (unpaired) electrons. The third-order valence-corrected chi connectivity index (χ3v) is 4.02. The summed E-state index contributed by atoms with van der Waals surface area (Å²) in [5.41, 5.74) is 2.18. The lowest BCUT2D eigenvalue weighted by molar-refractivity contribution is -0.116. The number of Topliss-reactive ketones (excluding diaryl/α,β-unsaturated/α-hetero) is 1. The van der Waals surface area contributed by atoms with Crippen molar-refractivity contribution in [2.45, 2.75) is 19.9 Å². The molecule has 0 saturated heterocycles. The first kappa shape index (κ1) is 16.2. The Balaban J connectivity index is 1.63. The molecule has 122 valence electrons. The van der Waals surface area contributed by atoms with Gasteiger partial charge in [0, 0.05) is 23.1 Å². The van der Waals surface area contributed by atoms with Crippen LogP contribution in [0.2, 0.25) is 5.15 Å². The number of fused-ring (bicyclic) bond motifs is 1. The lowest BCUT2D eigenvalue weighted by atomic mass is 10.1. The van der Waals surface area contributed by atoms with Crippen LogP contribution in [-0.2, 0) is 11.3 Å². The highest BCUT2D eigenvalue weighted by atomic mass is 35.5. The zero-order chi connectivity index (χ0) is 17.1. The monoisotopic (exact) mass is 341 g/mol. The number of hydrogen-bond acceptors (Lipinski definition) is 3. The van der Waals surface area contributed by atoms with E-state index in [4.69, 9.17) is 11.6 Å². The molecule has 0 saturated carbocycles. The number of halogens is 1. The first-order valence-corrected chi connectivity index (χ1v) is 7.94. The Kier molecular flexibility index (Phi) is 4.62. The molecule has 5 nitrogen and oxygen atoms in total. The van der Waals surface area contributed by atoms with Gasteiger partial charge in [-0.05, 0) is 43.3 Å². The van der Waals surface area contributed by atoms with E-state index in [-0.39, 0.29) is 18.1 Å². The summed E-state index contributed by atoms with van der Waals surface area (Å²) in [6.07, 6.45) is 0.274. The number of benzene rings is 2. The Morgan fingerprint density at radius 3 is 2.54 bits per heavy atom. The van der Waals surface area contributed by atoms with E-state index in [9.17, 15) is 9.59 Å². The largest absolute Gasteiger partial charge is 0.326 e. The highest BCUT2D eigenvalue weighted by Gasteiger charge is 2.10. The Hall–Kier alpha value is -2.66. The smallest absolute Gasteiger partial charge is 0.226 e. The molecule has 1 amide bonds. The standard InChI is InChI=1S/C18H16ClN3O2/c1-12(23)13-6-8-14(9-7-13)20-17(24)10-11-22-16-5-3-2-4-15(16)18(19)21-22/h2-9H,10-11H2,1H3,(H,20,24). The van der Waals surface area contributed by atoms with Crippen LogP contribution in [0.5, 0.6) is 0 Å². The first-order valence-electron chi connectivity index (χ1n) is 7.56. The maximum Gasteiger partial charge on any atom is 0.226 e. The van der Waals surface area contributed by atoms with Crippen LogP contribution in [0, 0.1) is 0 Å². The number of ketones is 1. The summed E-state index contributed by atoms with van der Waals surface area (Å²) in [6, 6.07) is 14.5. The highest BCUT2D eigenvalue weighted by molar-refractivity contribution is 6.34. The maximum absolute atomic E-state index is 12.1. The third-order valence-electron chi connectivity index (χ3n) is 3.74. The quantitative estimate of drug-likeness (QED) is 0.715. The second-order valence-corrected chi connectivity index (χ2v) is 5.82. The van der Waals surface area contributed by atoms with Crippen LogP contribution in [-0.4, -0.2) is 21.5 Å². The van der Waals surface area contributed by atoms with Crippen molar-refractivity contribution in [1.82, 2.24) is 9.78 Å². The molecule has 0 spiro atoms. The molecule has 0 bridgehead atoms. The number of amides is 1. The summed E-state index contributed by atoms with van der Waals surface area (Å²) in [4.78, 5) is 23.3. The van der Waals surface area contributed by atoms with E-state index in [1.165, 1.54) is 6.92 Å². The molecule has 0 aliphatic carbocycles. The number of carbonyl (C=O) groups excluding carboxylic acids is 2. The van der Waals surface area contributed by atoms with Crippen LogP contribution in [0.3, 0.4) is 0 Å². The topological polar surface area (TPSA) is 64.0 Å². The van der Waals surface area contributed by atoms with Gasteiger partial charge in [-0.2, -0.15) is 5.10 Å². The van der Waals surface area contributed by atoms with Gasteiger partial charge in [0.05, 0.1) is 12.1 Å². The minimum absolute atomic E-state index is 0.00434. The van der Waals surface area contributed by atoms with E-state index in [1.54, 1.807) is 28.9 Å². The Bertz CT molecular complexity index is 900. The molecule has 0 unspecified atom stereocenters. The lowest BCUT2D eigenvalue weighted by Gasteiger charge is -2.07. The molecule has 2 aromatic carbocycles. The minimum Gasteiger partial charge on any atom is -0.326 e. The van der Waals surface area contributed by atoms with Crippen molar-refractivity contribution in [2.24, 2.45) is 0 Å². The van der Waals surface area contributed by atoms with Gasteiger partial charge in [0.1, 0.15) is 0 Å². The highest BCUT2D eigenvalue weighted by Crippen LogP contribution is 2.22. The van der Waals surface area contributed by atoms with E-state index in [1.807, 2.05) is 24.3 Å². The molecule has 3 rings (SSSR count). The summed E-state index contributed by atoms with van der Waals surface area (Å²) in [7, 11) is 0. The molecule has 6 heteroatoms. The average molecular weight is 342 g/mol. The van der Waals surface area contributed by atoms with Crippen LogP contribution < -0.4 is 5.32 Å². The number of rotatable bonds is 5. The zero-order valence-electron chi connectivity index (χ0n) is 13.1. The summed E-state index contributed by atoms with van der Waals surface area (Å²) in [6.45, 7) is 1.94. The van der Waals surface area contributed by atoms with E-state index in [0.717, 1.165) is 10.9 Å². The van der Waals surface area contributed by atoms with Gasteiger partial charge in [-0.3, -0.25) is 14.3 Å². The van der Waals surface area contributed by atoms with Crippen molar-refractivity contribution in [3.8, 4) is 0 Å². The second-order valence-electron chi connectivity index (χ2n) is 5.46. The number of aromatic nitrogens is 2. The number of carbonyl (C=O) groups is 2. The van der Waals surface area contributed by atoms with Gasteiger partial charge in [-0.1, -0.05) is 23.7 Å². The van der Waals surface area contributed by atoms with Gasteiger partial charge in [-0.15, -0.1) is 0 Å². The van der Waals surface area contributed by atoms with E-state index >= 15 is 0 Å². The van der Waals surface area contributed by atoms with Crippen LogP contribution in [0.15, 0.2) is 48.5 Å². The minimum atomic E-state index is -0.124. The predicted octanol–water partition coefficient (Wildman–Crippen LogP) is 3.92. The molecule has 0 aliphatic rings. The number of para-hydroxylation sites is 1. The number of nitrogens with one attached hydrogen (secondary N) is 1. The van der Waals surface area contributed by atoms with Gasteiger partial charge < -0.3 is 5.32 Å². The number of nitrogens with zero attached hydrogens (tertiary/aromatic N) is 2. The normalized spacial score (nSPS) is 10.8. The van der Waals surface area contributed by atoms with Gasteiger partial charge in [-0.25, -0.2) is 0 Å². The van der Waals surface area contributed by atoms with Crippen molar-refractivity contribution in [1.29, 1.82) is 0 Å². The Labute approximate surface area is 144 Å². The van der Waals surface area contributed by atoms with Crippen LogP contribution >= 0.6 is 11.6 Å². The molecule has 1 N–H and O–H groups in total. The van der Waals surface area contributed by atoms with Crippen molar-refractivity contribution in [3.63, 3.8) is 0 Å².